The minimum absolute atomic E-state index is 0.316. The summed E-state index contributed by atoms with van der Waals surface area (Å²) in [5.74, 6) is 1.27. The fourth-order valence-corrected chi connectivity index (χ4v) is 2.38. The first kappa shape index (κ1) is 13.4. The van der Waals surface area contributed by atoms with Crippen molar-refractivity contribution < 1.29 is 9.84 Å². The average Bonchev–Trinajstić information content (AvgIpc) is 2.29. The highest BCUT2D eigenvalue weighted by Crippen LogP contribution is 2.31. The van der Waals surface area contributed by atoms with E-state index in [0.717, 1.165) is 25.4 Å². The van der Waals surface area contributed by atoms with Gasteiger partial charge in [-0.15, -0.1) is 0 Å². The van der Waals surface area contributed by atoms with Gasteiger partial charge in [0, 0.05) is 25.2 Å². The molecule has 1 saturated heterocycles. The Kier molecular flexibility index (Phi) is 3.93. The molecule has 0 aromatic heterocycles. The molecule has 0 saturated carbocycles. The van der Waals surface area contributed by atoms with Crippen molar-refractivity contribution in [1.82, 2.24) is 4.90 Å². The molecule has 0 atom stereocenters. The van der Waals surface area contributed by atoms with Crippen LogP contribution in [0.1, 0.15) is 26.3 Å². The maximum Gasteiger partial charge on any atom is 0.123 e. The first-order valence-electron chi connectivity index (χ1n) is 6.70. The lowest BCUT2D eigenvalue weighted by Gasteiger charge is -2.49. The zero-order valence-electron chi connectivity index (χ0n) is 11.5. The van der Waals surface area contributed by atoms with Gasteiger partial charge in [0.05, 0.1) is 12.2 Å². The molecule has 1 heterocycles. The van der Waals surface area contributed by atoms with Crippen molar-refractivity contribution in [3.63, 3.8) is 0 Å². The second-order valence-electron chi connectivity index (χ2n) is 5.44. The average molecular weight is 249 g/mol. The van der Waals surface area contributed by atoms with Gasteiger partial charge in [-0.25, -0.2) is 0 Å². The molecule has 0 amide bonds. The highest BCUT2D eigenvalue weighted by atomic mass is 16.5. The van der Waals surface area contributed by atoms with Gasteiger partial charge in [-0.3, -0.25) is 4.90 Å². The number of ether oxygens (including phenoxy) is 1. The van der Waals surface area contributed by atoms with Gasteiger partial charge in [-0.1, -0.05) is 32.0 Å². The Morgan fingerprint density at radius 1 is 1.33 bits per heavy atom. The highest BCUT2D eigenvalue weighted by molar-refractivity contribution is 5.33. The molecule has 0 spiro atoms. The topological polar surface area (TPSA) is 32.7 Å². The van der Waals surface area contributed by atoms with Crippen molar-refractivity contribution in [2.45, 2.75) is 32.9 Å². The second-order valence-corrected chi connectivity index (χ2v) is 5.44. The summed E-state index contributed by atoms with van der Waals surface area (Å²) < 4.78 is 5.62. The Bertz CT molecular complexity index is 397. The number of nitrogens with zero attached hydrogens (tertiary/aromatic N) is 1. The van der Waals surface area contributed by atoms with Crippen molar-refractivity contribution in [1.29, 1.82) is 0 Å². The molecule has 0 bridgehead atoms. The van der Waals surface area contributed by atoms with E-state index >= 15 is 0 Å². The summed E-state index contributed by atoms with van der Waals surface area (Å²) in [5.41, 5.74) is 0.700. The van der Waals surface area contributed by atoms with Crippen molar-refractivity contribution in [3.8, 4) is 5.75 Å². The third-order valence-corrected chi connectivity index (χ3v) is 3.74. The van der Waals surface area contributed by atoms with Gasteiger partial charge < -0.3 is 9.84 Å². The fourth-order valence-electron chi connectivity index (χ4n) is 2.38. The van der Waals surface area contributed by atoms with Crippen LogP contribution in [0, 0.1) is 5.92 Å². The van der Waals surface area contributed by atoms with Crippen LogP contribution in [0.3, 0.4) is 0 Å². The van der Waals surface area contributed by atoms with Gasteiger partial charge in [0.25, 0.3) is 0 Å². The Hall–Kier alpha value is -1.06. The number of likely N-dealkylation sites (tertiary alicyclic amines) is 1. The van der Waals surface area contributed by atoms with E-state index in [1.54, 1.807) is 0 Å². The van der Waals surface area contributed by atoms with Gasteiger partial charge in [-0.05, 0) is 18.9 Å². The van der Waals surface area contributed by atoms with E-state index in [2.05, 4.69) is 24.8 Å². The van der Waals surface area contributed by atoms with E-state index in [9.17, 15) is 5.11 Å². The molecule has 18 heavy (non-hydrogen) atoms. The number of benzene rings is 1. The third kappa shape index (κ3) is 2.68. The Morgan fingerprint density at radius 3 is 2.61 bits per heavy atom. The van der Waals surface area contributed by atoms with Gasteiger partial charge in [0.2, 0.25) is 0 Å². The zero-order valence-corrected chi connectivity index (χ0v) is 11.5. The summed E-state index contributed by atoms with van der Waals surface area (Å²) in [6.07, 6.45) is 0. The Balaban J connectivity index is 1.96. The molecule has 1 aliphatic rings. The summed E-state index contributed by atoms with van der Waals surface area (Å²) in [6, 6.07) is 8.13. The van der Waals surface area contributed by atoms with Crippen molar-refractivity contribution in [3.05, 3.63) is 29.8 Å². The normalized spacial score (nSPS) is 18.7. The number of aliphatic hydroxyl groups is 1. The van der Waals surface area contributed by atoms with E-state index in [4.69, 9.17) is 4.74 Å². The predicted octanol–water partition coefficient (Wildman–Crippen LogP) is 2.29. The molecule has 3 nitrogen and oxygen atoms in total. The molecule has 0 unspecified atom stereocenters. The van der Waals surface area contributed by atoms with Gasteiger partial charge in [0.15, 0.2) is 0 Å². The number of rotatable bonds is 5. The van der Waals surface area contributed by atoms with E-state index in [0.29, 0.717) is 12.5 Å². The Morgan fingerprint density at radius 2 is 2.00 bits per heavy atom. The molecule has 0 aliphatic carbocycles. The van der Waals surface area contributed by atoms with Crippen LogP contribution in [0.2, 0.25) is 0 Å². The van der Waals surface area contributed by atoms with Crippen LogP contribution in [-0.4, -0.2) is 35.3 Å². The van der Waals surface area contributed by atoms with E-state index in [-0.39, 0.29) is 0 Å². The lowest BCUT2D eigenvalue weighted by atomic mass is 9.83. The summed E-state index contributed by atoms with van der Waals surface area (Å²) in [4.78, 5) is 2.26. The maximum absolute atomic E-state index is 10.2. The van der Waals surface area contributed by atoms with Crippen LogP contribution < -0.4 is 4.74 Å². The predicted molar refractivity (Wildman–Crippen MR) is 72.7 cm³/mol. The quantitative estimate of drug-likeness (QED) is 0.869. The van der Waals surface area contributed by atoms with E-state index < -0.39 is 5.60 Å². The molecule has 1 fully saturated rings. The van der Waals surface area contributed by atoms with Crippen LogP contribution in [0.15, 0.2) is 24.3 Å². The minimum Gasteiger partial charge on any atom is -0.494 e. The summed E-state index contributed by atoms with van der Waals surface area (Å²) in [7, 11) is 0. The SMILES string of the molecule is CCOc1ccccc1CN1CC(O)(C(C)C)C1. The zero-order chi connectivity index (χ0) is 13.2. The lowest BCUT2D eigenvalue weighted by molar-refractivity contribution is -0.131. The van der Waals surface area contributed by atoms with Crippen LogP contribution in [0.25, 0.3) is 0 Å². The Labute approximate surface area is 109 Å². The van der Waals surface area contributed by atoms with Gasteiger partial charge in [-0.2, -0.15) is 0 Å². The summed E-state index contributed by atoms with van der Waals surface area (Å²) >= 11 is 0. The first-order valence-corrected chi connectivity index (χ1v) is 6.70. The van der Waals surface area contributed by atoms with Crippen LogP contribution in [0.5, 0.6) is 5.75 Å². The van der Waals surface area contributed by atoms with Crippen LogP contribution in [-0.2, 0) is 6.54 Å². The number of hydrogen-bond acceptors (Lipinski definition) is 3. The van der Waals surface area contributed by atoms with Crippen molar-refractivity contribution in [2.24, 2.45) is 5.92 Å². The second kappa shape index (κ2) is 5.29. The summed E-state index contributed by atoms with van der Waals surface area (Å²) in [5, 5.41) is 10.2. The van der Waals surface area contributed by atoms with Crippen molar-refractivity contribution in [2.75, 3.05) is 19.7 Å². The van der Waals surface area contributed by atoms with Crippen molar-refractivity contribution >= 4 is 0 Å². The summed E-state index contributed by atoms with van der Waals surface area (Å²) in [6.45, 7) is 9.20. The number of para-hydroxylation sites is 1. The molecule has 3 heteroatoms. The van der Waals surface area contributed by atoms with Crippen LogP contribution in [0.4, 0.5) is 0 Å². The smallest absolute Gasteiger partial charge is 0.123 e. The standard InChI is InChI=1S/C15H23NO2/c1-4-18-14-8-6-5-7-13(14)9-16-10-15(17,11-16)12(2)3/h5-8,12,17H,4,9-11H2,1-3H3. The largest absolute Gasteiger partial charge is 0.494 e. The monoisotopic (exact) mass is 249 g/mol. The molecule has 100 valence electrons. The molecule has 1 aromatic carbocycles. The van der Waals surface area contributed by atoms with Gasteiger partial charge >= 0.3 is 0 Å². The molecule has 2 rings (SSSR count). The minimum atomic E-state index is -0.499. The van der Waals surface area contributed by atoms with Gasteiger partial charge in [0.1, 0.15) is 5.75 Å². The fraction of sp³-hybridized carbons (Fsp3) is 0.600. The van der Waals surface area contributed by atoms with E-state index in [1.165, 1.54) is 5.56 Å². The molecule has 0 radical (unpaired) electrons. The highest BCUT2D eigenvalue weighted by Gasteiger charge is 2.43. The maximum atomic E-state index is 10.2. The third-order valence-electron chi connectivity index (χ3n) is 3.74. The van der Waals surface area contributed by atoms with Crippen LogP contribution >= 0.6 is 0 Å². The molecular formula is C15H23NO2. The molecule has 1 aliphatic heterocycles. The number of β-amino-alcohol motifs (C(OH)–C–C–N with tert-alkyl or cyclic N) is 1. The number of hydrogen-bond donors (Lipinski definition) is 1. The first-order chi connectivity index (χ1) is 8.55. The molecular weight excluding hydrogens is 226 g/mol. The lowest BCUT2D eigenvalue weighted by Crippen LogP contribution is -2.63. The molecule has 1 aromatic rings. The van der Waals surface area contributed by atoms with E-state index in [1.807, 2.05) is 25.1 Å². The molecule has 1 N–H and O–H groups in total.